The molecule has 1 aliphatic carbocycles. The van der Waals surface area contributed by atoms with Gasteiger partial charge in [0, 0.05) is 6.04 Å². The Labute approximate surface area is 150 Å². The molecule has 0 aromatic heterocycles. The molecule has 1 saturated carbocycles. The minimum absolute atomic E-state index is 0.168. The third-order valence-corrected chi connectivity index (χ3v) is 5.25. The zero-order valence-corrected chi connectivity index (χ0v) is 15.6. The number of amides is 1. The topological polar surface area (TPSA) is 64.6 Å². The first-order valence-electron chi connectivity index (χ1n) is 9.02. The molecule has 0 saturated heterocycles. The number of ether oxygens (including phenoxy) is 2. The standard InChI is InChI=1S/C20H29NO4/c1-13-8-9-17(10-15(13)3)24-12-20(23)25-11-19(22)21-18-7-5-6-14(2)16(18)4/h8-10,14,16,18H,5-7,11-12H2,1-4H3,(H,21,22)/t14-,16+,18+/m0/s1. The van der Waals surface area contributed by atoms with Gasteiger partial charge in [0.15, 0.2) is 13.2 Å². The van der Waals surface area contributed by atoms with Gasteiger partial charge in [-0.25, -0.2) is 4.79 Å². The van der Waals surface area contributed by atoms with Gasteiger partial charge in [0.25, 0.3) is 5.91 Å². The number of carbonyl (C=O) groups is 2. The van der Waals surface area contributed by atoms with Gasteiger partial charge >= 0.3 is 5.97 Å². The first kappa shape index (κ1) is 19.3. The van der Waals surface area contributed by atoms with Crippen molar-refractivity contribution in [2.75, 3.05) is 13.2 Å². The number of rotatable bonds is 6. The molecule has 2 rings (SSSR count). The number of aryl methyl sites for hydroxylation is 2. The van der Waals surface area contributed by atoms with Crippen molar-refractivity contribution in [3.8, 4) is 5.75 Å². The smallest absolute Gasteiger partial charge is 0.344 e. The Bertz CT molecular complexity index is 614. The van der Waals surface area contributed by atoms with Crippen LogP contribution in [0.25, 0.3) is 0 Å². The Hall–Kier alpha value is -2.04. The lowest BCUT2D eigenvalue weighted by Crippen LogP contribution is -2.45. The third kappa shape index (κ3) is 5.76. The van der Waals surface area contributed by atoms with Crippen LogP contribution in [0.1, 0.15) is 44.2 Å². The Morgan fingerprint density at radius 1 is 1.12 bits per heavy atom. The SMILES string of the molecule is Cc1ccc(OCC(=O)OCC(=O)N[C@@H]2CCC[C@H](C)[C@H]2C)cc1C. The van der Waals surface area contributed by atoms with Crippen LogP contribution in [0, 0.1) is 25.7 Å². The molecule has 1 aromatic rings. The van der Waals surface area contributed by atoms with E-state index in [1.165, 1.54) is 6.42 Å². The van der Waals surface area contributed by atoms with Gasteiger partial charge in [0.1, 0.15) is 5.75 Å². The van der Waals surface area contributed by atoms with E-state index >= 15 is 0 Å². The van der Waals surface area contributed by atoms with Crippen molar-refractivity contribution in [2.24, 2.45) is 11.8 Å². The van der Waals surface area contributed by atoms with Crippen LogP contribution in [-0.2, 0) is 14.3 Å². The molecule has 25 heavy (non-hydrogen) atoms. The van der Waals surface area contributed by atoms with E-state index < -0.39 is 5.97 Å². The molecule has 1 N–H and O–H groups in total. The fourth-order valence-electron chi connectivity index (χ4n) is 3.17. The number of esters is 1. The minimum Gasteiger partial charge on any atom is -0.482 e. The van der Waals surface area contributed by atoms with Gasteiger partial charge in [-0.05, 0) is 55.4 Å². The van der Waals surface area contributed by atoms with Crippen molar-refractivity contribution in [1.82, 2.24) is 5.32 Å². The monoisotopic (exact) mass is 347 g/mol. The maximum Gasteiger partial charge on any atom is 0.344 e. The molecule has 0 bridgehead atoms. The molecular formula is C20H29NO4. The normalized spacial score (nSPS) is 23.0. The van der Waals surface area contributed by atoms with Crippen LogP contribution in [0.4, 0.5) is 0 Å². The van der Waals surface area contributed by atoms with E-state index in [-0.39, 0.29) is 25.2 Å². The average Bonchev–Trinajstić information content (AvgIpc) is 2.58. The first-order valence-corrected chi connectivity index (χ1v) is 9.02. The summed E-state index contributed by atoms with van der Waals surface area (Å²) in [5.74, 6) is 0.882. The van der Waals surface area contributed by atoms with E-state index in [9.17, 15) is 9.59 Å². The van der Waals surface area contributed by atoms with Crippen molar-refractivity contribution in [3.63, 3.8) is 0 Å². The minimum atomic E-state index is -0.543. The maximum atomic E-state index is 12.0. The molecule has 1 aromatic carbocycles. The summed E-state index contributed by atoms with van der Waals surface area (Å²) in [5, 5.41) is 2.98. The van der Waals surface area contributed by atoms with E-state index in [0.29, 0.717) is 17.6 Å². The summed E-state index contributed by atoms with van der Waals surface area (Å²) in [7, 11) is 0. The Kier molecular flexibility index (Phi) is 6.85. The Morgan fingerprint density at radius 2 is 1.88 bits per heavy atom. The zero-order valence-electron chi connectivity index (χ0n) is 15.6. The summed E-state index contributed by atoms with van der Waals surface area (Å²) in [5.41, 5.74) is 2.26. The molecule has 0 aliphatic heterocycles. The van der Waals surface area contributed by atoms with Gasteiger partial charge in [-0.1, -0.05) is 32.8 Å². The van der Waals surface area contributed by atoms with Crippen LogP contribution in [0.15, 0.2) is 18.2 Å². The fraction of sp³-hybridized carbons (Fsp3) is 0.600. The predicted molar refractivity (Wildman–Crippen MR) is 96.5 cm³/mol. The van der Waals surface area contributed by atoms with Crippen molar-refractivity contribution < 1.29 is 19.1 Å². The molecule has 1 fully saturated rings. The molecule has 1 amide bonds. The number of hydrogen-bond donors (Lipinski definition) is 1. The third-order valence-electron chi connectivity index (χ3n) is 5.25. The first-order chi connectivity index (χ1) is 11.9. The summed E-state index contributed by atoms with van der Waals surface area (Å²) in [6.07, 6.45) is 3.32. The van der Waals surface area contributed by atoms with Crippen molar-refractivity contribution in [2.45, 2.75) is 53.0 Å². The Balaban J connectivity index is 1.70. The average molecular weight is 347 g/mol. The summed E-state index contributed by atoms with van der Waals surface area (Å²) >= 11 is 0. The predicted octanol–water partition coefficient (Wildman–Crippen LogP) is 3.17. The van der Waals surface area contributed by atoms with Crippen LogP contribution in [0.2, 0.25) is 0 Å². The molecule has 3 atom stereocenters. The van der Waals surface area contributed by atoms with Crippen LogP contribution >= 0.6 is 0 Å². The highest BCUT2D eigenvalue weighted by molar-refractivity contribution is 5.81. The number of nitrogens with one attached hydrogen (secondary N) is 1. The van der Waals surface area contributed by atoms with Crippen molar-refractivity contribution >= 4 is 11.9 Å². The second-order valence-corrected chi connectivity index (χ2v) is 7.14. The molecule has 1 aliphatic rings. The highest BCUT2D eigenvalue weighted by Crippen LogP contribution is 2.29. The number of carbonyl (C=O) groups excluding carboxylic acids is 2. The zero-order chi connectivity index (χ0) is 18.4. The molecule has 0 radical (unpaired) electrons. The second-order valence-electron chi connectivity index (χ2n) is 7.14. The van der Waals surface area contributed by atoms with E-state index in [0.717, 1.165) is 24.0 Å². The molecule has 0 unspecified atom stereocenters. The number of benzene rings is 1. The molecule has 0 spiro atoms. The maximum absolute atomic E-state index is 12.0. The lowest BCUT2D eigenvalue weighted by Gasteiger charge is -2.34. The number of hydrogen-bond acceptors (Lipinski definition) is 4. The molecule has 5 heteroatoms. The largest absolute Gasteiger partial charge is 0.482 e. The second kappa shape index (κ2) is 8.88. The van der Waals surface area contributed by atoms with Crippen LogP contribution in [-0.4, -0.2) is 31.1 Å². The van der Waals surface area contributed by atoms with Crippen molar-refractivity contribution in [3.05, 3.63) is 29.3 Å². The lowest BCUT2D eigenvalue weighted by atomic mass is 9.78. The summed E-state index contributed by atoms with van der Waals surface area (Å²) in [6.45, 7) is 7.92. The fourth-order valence-corrected chi connectivity index (χ4v) is 3.17. The summed E-state index contributed by atoms with van der Waals surface area (Å²) in [4.78, 5) is 23.7. The van der Waals surface area contributed by atoms with Gasteiger partial charge in [-0.3, -0.25) is 4.79 Å². The molecule has 138 valence electrons. The lowest BCUT2D eigenvalue weighted by molar-refractivity contribution is -0.150. The summed E-state index contributed by atoms with van der Waals surface area (Å²) in [6, 6.07) is 5.80. The molecular weight excluding hydrogens is 318 g/mol. The summed E-state index contributed by atoms with van der Waals surface area (Å²) < 4.78 is 10.4. The van der Waals surface area contributed by atoms with Crippen LogP contribution in [0.5, 0.6) is 5.75 Å². The molecule has 5 nitrogen and oxygen atoms in total. The van der Waals surface area contributed by atoms with Gasteiger partial charge in [0.2, 0.25) is 0 Å². The quantitative estimate of drug-likeness (QED) is 0.803. The van der Waals surface area contributed by atoms with E-state index in [1.54, 1.807) is 0 Å². The van der Waals surface area contributed by atoms with Crippen molar-refractivity contribution in [1.29, 1.82) is 0 Å². The molecule has 0 heterocycles. The Morgan fingerprint density at radius 3 is 2.60 bits per heavy atom. The van der Waals surface area contributed by atoms with Crippen LogP contribution in [0.3, 0.4) is 0 Å². The highest BCUT2D eigenvalue weighted by Gasteiger charge is 2.28. The van der Waals surface area contributed by atoms with E-state index in [4.69, 9.17) is 9.47 Å². The van der Waals surface area contributed by atoms with Gasteiger partial charge in [-0.2, -0.15) is 0 Å². The van der Waals surface area contributed by atoms with E-state index in [1.807, 2.05) is 32.0 Å². The van der Waals surface area contributed by atoms with Gasteiger partial charge < -0.3 is 14.8 Å². The van der Waals surface area contributed by atoms with E-state index in [2.05, 4.69) is 19.2 Å². The highest BCUT2D eigenvalue weighted by atomic mass is 16.6. The van der Waals surface area contributed by atoms with Gasteiger partial charge in [0.05, 0.1) is 0 Å². The van der Waals surface area contributed by atoms with Crippen LogP contribution < -0.4 is 10.1 Å². The van der Waals surface area contributed by atoms with Gasteiger partial charge in [-0.15, -0.1) is 0 Å².